The van der Waals surface area contributed by atoms with Gasteiger partial charge in [0.1, 0.15) is 5.75 Å². The zero-order valence-electron chi connectivity index (χ0n) is 16.8. The molecule has 1 aromatic heterocycles. The Bertz CT molecular complexity index is 714. The van der Waals surface area contributed by atoms with Gasteiger partial charge in [0.15, 0.2) is 5.96 Å². The zero-order chi connectivity index (χ0) is 18.8. The Kier molecular flexibility index (Phi) is 10.8. The molecule has 0 saturated carbocycles. The topological polar surface area (TPSA) is 63.5 Å². The van der Waals surface area contributed by atoms with E-state index in [4.69, 9.17) is 4.74 Å². The van der Waals surface area contributed by atoms with E-state index in [1.54, 1.807) is 7.05 Å². The lowest BCUT2D eigenvalue weighted by atomic mass is 10.2. The normalized spacial score (nSPS) is 11.0. The van der Waals surface area contributed by atoms with Crippen LogP contribution in [0.15, 0.2) is 35.3 Å². The lowest BCUT2D eigenvalue weighted by Crippen LogP contribution is -2.37. The van der Waals surface area contributed by atoms with Crippen molar-refractivity contribution in [2.45, 2.75) is 46.7 Å². The number of nitrogens with one attached hydrogen (secondary N) is 2. The van der Waals surface area contributed by atoms with Crippen LogP contribution in [-0.4, -0.2) is 35.9 Å². The Balaban J connectivity index is 0.00000364. The van der Waals surface area contributed by atoms with Gasteiger partial charge in [-0.3, -0.25) is 9.67 Å². The van der Waals surface area contributed by atoms with Gasteiger partial charge in [0.25, 0.3) is 0 Å². The number of aryl methyl sites for hydroxylation is 3. The first-order valence-corrected chi connectivity index (χ1v) is 9.29. The largest absolute Gasteiger partial charge is 0.494 e. The molecule has 0 aliphatic rings. The lowest BCUT2D eigenvalue weighted by Gasteiger charge is -2.13. The van der Waals surface area contributed by atoms with E-state index in [1.165, 1.54) is 11.3 Å². The second kappa shape index (κ2) is 12.6. The molecule has 7 heteroatoms. The van der Waals surface area contributed by atoms with Gasteiger partial charge in [-0.25, -0.2) is 0 Å². The van der Waals surface area contributed by atoms with E-state index in [-0.39, 0.29) is 24.0 Å². The van der Waals surface area contributed by atoms with E-state index in [9.17, 15) is 0 Å². The summed E-state index contributed by atoms with van der Waals surface area (Å²) < 4.78 is 7.73. The highest BCUT2D eigenvalue weighted by Crippen LogP contribution is 2.13. The molecule has 0 spiro atoms. The maximum absolute atomic E-state index is 5.68. The second-order valence-corrected chi connectivity index (χ2v) is 6.35. The van der Waals surface area contributed by atoms with Gasteiger partial charge in [0.05, 0.1) is 12.3 Å². The molecule has 2 N–H and O–H groups in total. The summed E-state index contributed by atoms with van der Waals surface area (Å²) >= 11 is 0. The maximum Gasteiger partial charge on any atom is 0.191 e. The van der Waals surface area contributed by atoms with Crippen LogP contribution in [0, 0.1) is 13.8 Å². The molecule has 0 bridgehead atoms. The van der Waals surface area contributed by atoms with Crippen LogP contribution in [0.25, 0.3) is 0 Å². The minimum Gasteiger partial charge on any atom is -0.494 e. The number of hydrogen-bond donors (Lipinski definition) is 2. The van der Waals surface area contributed by atoms with Crippen LogP contribution in [0.2, 0.25) is 0 Å². The number of halogens is 1. The molecule has 0 fully saturated rings. The molecular formula is C20H32IN5O. The van der Waals surface area contributed by atoms with Crippen LogP contribution in [0.3, 0.4) is 0 Å². The Hall–Kier alpha value is -1.77. The number of nitrogens with zero attached hydrogens (tertiary/aromatic N) is 3. The van der Waals surface area contributed by atoms with Gasteiger partial charge in [-0.1, -0.05) is 19.1 Å². The first kappa shape index (κ1) is 23.3. The van der Waals surface area contributed by atoms with Crippen molar-refractivity contribution in [1.29, 1.82) is 0 Å². The van der Waals surface area contributed by atoms with Crippen LogP contribution in [-0.2, 0) is 13.1 Å². The van der Waals surface area contributed by atoms with Gasteiger partial charge in [-0.05, 0) is 50.5 Å². The Morgan fingerprint density at radius 3 is 2.70 bits per heavy atom. The monoisotopic (exact) mass is 485 g/mol. The molecular weight excluding hydrogens is 453 g/mol. The van der Waals surface area contributed by atoms with Crippen molar-refractivity contribution in [3.05, 3.63) is 47.3 Å². The van der Waals surface area contributed by atoms with E-state index in [2.05, 4.69) is 57.5 Å². The number of rotatable bonds is 9. The van der Waals surface area contributed by atoms with E-state index in [0.29, 0.717) is 6.54 Å². The van der Waals surface area contributed by atoms with Gasteiger partial charge in [0.2, 0.25) is 0 Å². The molecule has 0 radical (unpaired) electrons. The summed E-state index contributed by atoms with van der Waals surface area (Å²) in [7, 11) is 1.79. The second-order valence-electron chi connectivity index (χ2n) is 6.35. The van der Waals surface area contributed by atoms with Crippen molar-refractivity contribution in [3.63, 3.8) is 0 Å². The molecule has 2 aromatic rings. The summed E-state index contributed by atoms with van der Waals surface area (Å²) in [6, 6.07) is 10.3. The van der Waals surface area contributed by atoms with Crippen molar-refractivity contribution < 1.29 is 4.74 Å². The lowest BCUT2D eigenvalue weighted by molar-refractivity contribution is 0.317. The Labute approximate surface area is 179 Å². The number of ether oxygens (including phenoxy) is 1. The highest BCUT2D eigenvalue weighted by Gasteiger charge is 2.02. The number of benzene rings is 1. The summed E-state index contributed by atoms with van der Waals surface area (Å²) in [6.07, 6.45) is 2.00. The van der Waals surface area contributed by atoms with Gasteiger partial charge in [-0.15, -0.1) is 24.0 Å². The fourth-order valence-corrected chi connectivity index (χ4v) is 2.71. The van der Waals surface area contributed by atoms with Crippen LogP contribution in [0.5, 0.6) is 5.75 Å². The molecule has 0 amide bonds. The summed E-state index contributed by atoms with van der Waals surface area (Å²) in [6.45, 7) is 9.42. The molecule has 150 valence electrons. The number of aliphatic imine (C=N–C) groups is 1. The Morgan fingerprint density at radius 1 is 1.22 bits per heavy atom. The molecule has 2 rings (SSSR count). The summed E-state index contributed by atoms with van der Waals surface area (Å²) in [4.78, 5) is 4.28. The molecule has 1 aromatic carbocycles. The fraction of sp³-hybridized carbons (Fsp3) is 0.500. The van der Waals surface area contributed by atoms with Crippen molar-refractivity contribution in [3.8, 4) is 5.75 Å². The summed E-state index contributed by atoms with van der Waals surface area (Å²) in [5, 5.41) is 11.2. The molecule has 0 unspecified atom stereocenters. The predicted molar refractivity (Wildman–Crippen MR) is 122 cm³/mol. The molecule has 27 heavy (non-hydrogen) atoms. The summed E-state index contributed by atoms with van der Waals surface area (Å²) in [5.41, 5.74) is 3.44. The molecule has 1 heterocycles. The minimum atomic E-state index is 0. The predicted octanol–water partition coefficient (Wildman–Crippen LogP) is 3.66. The molecule has 0 atom stereocenters. The van der Waals surface area contributed by atoms with E-state index >= 15 is 0 Å². The van der Waals surface area contributed by atoms with Gasteiger partial charge >= 0.3 is 0 Å². The van der Waals surface area contributed by atoms with Crippen LogP contribution in [0.4, 0.5) is 0 Å². The number of guanidine groups is 1. The maximum atomic E-state index is 5.68. The highest BCUT2D eigenvalue weighted by molar-refractivity contribution is 14.0. The SMILES string of the molecule is CCCOc1cccc(CNC(=NC)NCCCn2nc(C)cc2C)c1.I. The van der Waals surface area contributed by atoms with Crippen molar-refractivity contribution >= 4 is 29.9 Å². The zero-order valence-corrected chi connectivity index (χ0v) is 19.1. The molecule has 6 nitrogen and oxygen atoms in total. The molecule has 0 aliphatic carbocycles. The fourth-order valence-electron chi connectivity index (χ4n) is 2.71. The molecule has 0 saturated heterocycles. The van der Waals surface area contributed by atoms with Gasteiger partial charge < -0.3 is 15.4 Å². The smallest absolute Gasteiger partial charge is 0.191 e. The summed E-state index contributed by atoms with van der Waals surface area (Å²) in [5.74, 6) is 1.72. The van der Waals surface area contributed by atoms with E-state index in [1.807, 2.05) is 19.1 Å². The first-order valence-electron chi connectivity index (χ1n) is 9.29. The highest BCUT2D eigenvalue weighted by atomic mass is 127. The van der Waals surface area contributed by atoms with Gasteiger partial charge in [-0.2, -0.15) is 5.10 Å². The van der Waals surface area contributed by atoms with E-state index < -0.39 is 0 Å². The third-order valence-corrected chi connectivity index (χ3v) is 4.00. The van der Waals surface area contributed by atoms with Crippen LogP contribution >= 0.6 is 24.0 Å². The van der Waals surface area contributed by atoms with Crippen LogP contribution < -0.4 is 15.4 Å². The van der Waals surface area contributed by atoms with E-state index in [0.717, 1.165) is 49.9 Å². The first-order chi connectivity index (χ1) is 12.6. The number of aromatic nitrogens is 2. The van der Waals surface area contributed by atoms with Crippen molar-refractivity contribution in [1.82, 2.24) is 20.4 Å². The standard InChI is InChI=1S/C20H31N5O.HI/c1-5-12-26-19-9-6-8-18(14-19)15-23-20(21-4)22-10-7-11-25-17(3)13-16(2)24-25;/h6,8-9,13-14H,5,7,10-12,15H2,1-4H3,(H2,21,22,23);1H. The Morgan fingerprint density at radius 2 is 2.04 bits per heavy atom. The third-order valence-electron chi connectivity index (χ3n) is 4.00. The van der Waals surface area contributed by atoms with Crippen molar-refractivity contribution in [2.75, 3.05) is 20.2 Å². The van der Waals surface area contributed by atoms with Gasteiger partial charge in [0, 0.05) is 32.4 Å². The average Bonchev–Trinajstić information content (AvgIpc) is 2.97. The number of hydrogen-bond acceptors (Lipinski definition) is 3. The minimum absolute atomic E-state index is 0. The molecule has 0 aliphatic heterocycles. The van der Waals surface area contributed by atoms with Crippen molar-refractivity contribution in [2.24, 2.45) is 4.99 Å². The van der Waals surface area contributed by atoms with Crippen LogP contribution in [0.1, 0.15) is 36.7 Å². The third kappa shape index (κ3) is 8.19. The average molecular weight is 485 g/mol. The quantitative estimate of drug-likeness (QED) is 0.246.